The van der Waals surface area contributed by atoms with Crippen LogP contribution < -0.4 is 5.32 Å². The number of rotatable bonds is 4. The van der Waals surface area contributed by atoms with Gasteiger partial charge in [-0.3, -0.25) is 4.79 Å². The van der Waals surface area contributed by atoms with E-state index in [4.69, 9.17) is 0 Å². The molecule has 25 heavy (non-hydrogen) atoms. The molecule has 2 heterocycles. The third-order valence-electron chi connectivity index (χ3n) is 3.77. The third-order valence-corrected chi connectivity index (χ3v) is 3.77. The van der Waals surface area contributed by atoms with E-state index < -0.39 is 0 Å². The highest BCUT2D eigenvalue weighted by Gasteiger charge is 2.09. The summed E-state index contributed by atoms with van der Waals surface area (Å²) >= 11 is 0. The molecule has 0 aliphatic heterocycles. The number of imidazole rings is 1. The molecule has 0 saturated heterocycles. The predicted molar refractivity (Wildman–Crippen MR) is 91.9 cm³/mol. The summed E-state index contributed by atoms with van der Waals surface area (Å²) in [5, 5.41) is 6.98. The number of nitrogens with one attached hydrogen (secondary N) is 1. The first-order chi connectivity index (χ1) is 12.2. The fourth-order valence-electron chi connectivity index (χ4n) is 2.63. The molecule has 4 rings (SSSR count). The summed E-state index contributed by atoms with van der Waals surface area (Å²) in [6.45, 7) is 0.132. The van der Waals surface area contributed by atoms with Crippen LogP contribution in [0.25, 0.3) is 16.7 Å². The van der Waals surface area contributed by atoms with E-state index in [1.54, 1.807) is 35.3 Å². The summed E-state index contributed by atoms with van der Waals surface area (Å²) in [7, 11) is 0. The van der Waals surface area contributed by atoms with Gasteiger partial charge in [0.1, 0.15) is 12.4 Å². The molecule has 6 nitrogen and oxygen atoms in total. The minimum absolute atomic E-state index is 0.132. The van der Waals surface area contributed by atoms with Crippen molar-refractivity contribution in [2.45, 2.75) is 6.54 Å². The maximum absolute atomic E-state index is 13.3. The Bertz CT molecular complexity index is 1050. The molecule has 0 atom stereocenters. The Kier molecular flexibility index (Phi) is 3.74. The number of halogens is 1. The average Bonchev–Trinajstić information content (AvgIpc) is 3.23. The topological polar surface area (TPSA) is 64.7 Å². The normalized spacial score (nSPS) is 10.9. The molecule has 0 radical (unpaired) electrons. The molecule has 0 aliphatic carbocycles. The van der Waals surface area contributed by atoms with E-state index in [0.29, 0.717) is 11.5 Å². The lowest BCUT2D eigenvalue weighted by Crippen LogP contribution is -2.18. The molecule has 2 aromatic carbocycles. The molecule has 0 unspecified atom stereocenters. The minimum atomic E-state index is -0.342. The number of anilines is 1. The summed E-state index contributed by atoms with van der Waals surface area (Å²) in [6, 6.07) is 15.3. The number of hydrogen-bond acceptors (Lipinski definition) is 3. The first-order valence-corrected chi connectivity index (χ1v) is 7.70. The van der Waals surface area contributed by atoms with E-state index in [2.05, 4.69) is 15.4 Å². The number of carbonyl (C=O) groups excluding carboxylic acids is 1. The van der Waals surface area contributed by atoms with E-state index in [-0.39, 0.29) is 18.3 Å². The van der Waals surface area contributed by atoms with Gasteiger partial charge >= 0.3 is 0 Å². The van der Waals surface area contributed by atoms with Crippen LogP contribution in [0.15, 0.2) is 67.1 Å². The lowest BCUT2D eigenvalue weighted by atomic mass is 10.3. The van der Waals surface area contributed by atoms with Gasteiger partial charge < -0.3 is 9.88 Å². The van der Waals surface area contributed by atoms with Crippen molar-refractivity contribution in [2.75, 3.05) is 5.32 Å². The molecule has 0 spiro atoms. The highest BCUT2D eigenvalue weighted by Crippen LogP contribution is 2.13. The minimum Gasteiger partial charge on any atom is -0.321 e. The molecule has 124 valence electrons. The van der Waals surface area contributed by atoms with Gasteiger partial charge in [-0.05, 0) is 30.3 Å². The molecule has 7 heteroatoms. The summed E-state index contributed by atoms with van der Waals surface area (Å²) < 4.78 is 16.6. The zero-order valence-electron chi connectivity index (χ0n) is 13.1. The highest BCUT2D eigenvalue weighted by molar-refractivity contribution is 5.90. The van der Waals surface area contributed by atoms with Gasteiger partial charge in [0, 0.05) is 12.3 Å². The second-order valence-corrected chi connectivity index (χ2v) is 5.53. The third kappa shape index (κ3) is 3.12. The maximum Gasteiger partial charge on any atom is 0.245 e. The van der Waals surface area contributed by atoms with Crippen LogP contribution in [0.4, 0.5) is 10.2 Å². The van der Waals surface area contributed by atoms with Crippen LogP contribution in [0.5, 0.6) is 0 Å². The summed E-state index contributed by atoms with van der Waals surface area (Å²) in [5.41, 5.74) is 2.31. The Balaban J connectivity index is 1.48. The Labute approximate surface area is 142 Å². The predicted octanol–water partition coefficient (Wildman–Crippen LogP) is 3.00. The largest absolute Gasteiger partial charge is 0.321 e. The molecule has 0 fully saturated rings. The number of fused-ring (bicyclic) bond motifs is 1. The lowest BCUT2D eigenvalue weighted by Gasteiger charge is -2.05. The number of carbonyl (C=O) groups is 1. The number of para-hydroxylation sites is 2. The molecular formula is C18H14FN5O. The van der Waals surface area contributed by atoms with Crippen molar-refractivity contribution in [1.29, 1.82) is 0 Å². The Hall–Kier alpha value is -3.48. The van der Waals surface area contributed by atoms with Crippen molar-refractivity contribution in [3.8, 4) is 5.69 Å². The second kappa shape index (κ2) is 6.20. The van der Waals surface area contributed by atoms with Crippen molar-refractivity contribution < 1.29 is 9.18 Å². The Morgan fingerprint density at radius 1 is 1.12 bits per heavy atom. The van der Waals surface area contributed by atoms with Crippen molar-refractivity contribution >= 4 is 22.8 Å². The molecule has 1 N–H and O–H groups in total. The standard InChI is InChI=1S/C18H14FN5O/c19-13-4-3-5-14(10-13)24-9-8-17(22-24)21-18(25)11-23-12-20-15-6-1-2-7-16(15)23/h1-10,12H,11H2,(H,21,22,25). The molecule has 0 aliphatic rings. The van der Waals surface area contributed by atoms with Gasteiger partial charge in [0.05, 0.1) is 23.0 Å². The fourth-order valence-corrected chi connectivity index (χ4v) is 2.63. The van der Waals surface area contributed by atoms with Crippen LogP contribution >= 0.6 is 0 Å². The Morgan fingerprint density at radius 3 is 2.88 bits per heavy atom. The number of nitrogens with zero attached hydrogens (tertiary/aromatic N) is 4. The summed E-state index contributed by atoms with van der Waals surface area (Å²) in [6.07, 6.45) is 3.30. The lowest BCUT2D eigenvalue weighted by molar-refractivity contribution is -0.116. The van der Waals surface area contributed by atoms with E-state index in [9.17, 15) is 9.18 Å². The van der Waals surface area contributed by atoms with E-state index in [0.717, 1.165) is 11.0 Å². The molecule has 1 amide bonds. The number of amides is 1. The summed E-state index contributed by atoms with van der Waals surface area (Å²) in [4.78, 5) is 16.5. The van der Waals surface area contributed by atoms with Crippen LogP contribution in [0.3, 0.4) is 0 Å². The molecule has 4 aromatic rings. The van der Waals surface area contributed by atoms with E-state index in [1.165, 1.54) is 16.8 Å². The fraction of sp³-hybridized carbons (Fsp3) is 0.0556. The van der Waals surface area contributed by atoms with Gasteiger partial charge in [-0.1, -0.05) is 18.2 Å². The van der Waals surface area contributed by atoms with Crippen LogP contribution in [0.1, 0.15) is 0 Å². The average molecular weight is 335 g/mol. The first-order valence-electron chi connectivity index (χ1n) is 7.70. The zero-order chi connectivity index (χ0) is 17.2. The van der Waals surface area contributed by atoms with Crippen LogP contribution in [-0.4, -0.2) is 25.2 Å². The van der Waals surface area contributed by atoms with Crippen molar-refractivity contribution in [3.05, 3.63) is 72.9 Å². The van der Waals surface area contributed by atoms with Gasteiger partial charge in [-0.15, -0.1) is 0 Å². The van der Waals surface area contributed by atoms with E-state index in [1.807, 2.05) is 24.3 Å². The molecule has 0 saturated carbocycles. The second-order valence-electron chi connectivity index (χ2n) is 5.53. The van der Waals surface area contributed by atoms with Crippen molar-refractivity contribution in [2.24, 2.45) is 0 Å². The SMILES string of the molecule is O=C(Cn1cnc2ccccc21)Nc1ccn(-c2cccc(F)c2)n1. The first kappa shape index (κ1) is 15.1. The molecular weight excluding hydrogens is 321 g/mol. The number of hydrogen-bond donors (Lipinski definition) is 1. The summed E-state index contributed by atoms with van der Waals surface area (Å²) in [5.74, 6) is -0.156. The van der Waals surface area contributed by atoms with Gasteiger partial charge in [-0.25, -0.2) is 14.1 Å². The van der Waals surface area contributed by atoms with Crippen LogP contribution in [0, 0.1) is 5.82 Å². The Morgan fingerprint density at radius 2 is 2.00 bits per heavy atom. The van der Waals surface area contributed by atoms with Gasteiger partial charge in [0.15, 0.2) is 5.82 Å². The maximum atomic E-state index is 13.3. The zero-order valence-corrected chi connectivity index (χ0v) is 13.1. The van der Waals surface area contributed by atoms with Gasteiger partial charge in [0.2, 0.25) is 5.91 Å². The molecule has 0 bridgehead atoms. The van der Waals surface area contributed by atoms with E-state index >= 15 is 0 Å². The quantitative estimate of drug-likeness (QED) is 0.623. The van der Waals surface area contributed by atoms with Gasteiger partial charge in [-0.2, -0.15) is 5.10 Å². The number of benzene rings is 2. The van der Waals surface area contributed by atoms with Crippen LogP contribution in [0.2, 0.25) is 0 Å². The van der Waals surface area contributed by atoms with Gasteiger partial charge in [0.25, 0.3) is 0 Å². The van der Waals surface area contributed by atoms with Crippen LogP contribution in [-0.2, 0) is 11.3 Å². The smallest absolute Gasteiger partial charge is 0.245 e. The number of aromatic nitrogens is 4. The highest BCUT2D eigenvalue weighted by atomic mass is 19.1. The monoisotopic (exact) mass is 335 g/mol. The molecule has 2 aromatic heterocycles. The van der Waals surface area contributed by atoms with Crippen molar-refractivity contribution in [3.63, 3.8) is 0 Å². The van der Waals surface area contributed by atoms with Crippen molar-refractivity contribution in [1.82, 2.24) is 19.3 Å².